The lowest BCUT2D eigenvalue weighted by molar-refractivity contribution is 0.215. The van der Waals surface area contributed by atoms with Crippen LogP contribution in [0, 0.1) is 0 Å². The van der Waals surface area contributed by atoms with Crippen molar-refractivity contribution in [1.82, 2.24) is 4.90 Å². The highest BCUT2D eigenvalue weighted by atomic mass is 16.5. The van der Waals surface area contributed by atoms with E-state index < -0.39 is 0 Å². The quantitative estimate of drug-likeness (QED) is 0.750. The highest BCUT2D eigenvalue weighted by Gasteiger charge is 2.12. The highest BCUT2D eigenvalue weighted by Crippen LogP contribution is 2.28. The van der Waals surface area contributed by atoms with Gasteiger partial charge >= 0.3 is 0 Å². The van der Waals surface area contributed by atoms with E-state index in [0.717, 1.165) is 36.7 Å². The van der Waals surface area contributed by atoms with E-state index in [0.29, 0.717) is 6.04 Å². The van der Waals surface area contributed by atoms with E-state index in [4.69, 9.17) is 15.2 Å². The summed E-state index contributed by atoms with van der Waals surface area (Å²) in [6.45, 7) is 6.33. The minimum absolute atomic E-state index is 0.465. The smallest absolute Gasteiger partial charge is 0.161 e. The predicted octanol–water partition coefficient (Wildman–Crippen LogP) is 3.74. The van der Waals surface area contributed by atoms with Crippen molar-refractivity contribution in [1.29, 1.82) is 0 Å². The standard InChI is InChI=1S/C20H28N2O2/c1-15(2)22(12-11-16-5-8-18(21)9-6-16)14-17-7-10-19(23-3)20(13-17)24-4/h5-10,13,15H,11-12,14,21H2,1-4H3. The predicted molar refractivity (Wildman–Crippen MR) is 99.7 cm³/mol. The highest BCUT2D eigenvalue weighted by molar-refractivity contribution is 5.43. The lowest BCUT2D eigenvalue weighted by atomic mass is 10.1. The van der Waals surface area contributed by atoms with E-state index >= 15 is 0 Å². The maximum absolute atomic E-state index is 5.75. The topological polar surface area (TPSA) is 47.7 Å². The fraction of sp³-hybridized carbons (Fsp3) is 0.400. The van der Waals surface area contributed by atoms with E-state index in [1.54, 1.807) is 14.2 Å². The van der Waals surface area contributed by atoms with Crippen LogP contribution in [-0.2, 0) is 13.0 Å². The zero-order valence-corrected chi connectivity index (χ0v) is 15.1. The van der Waals surface area contributed by atoms with Gasteiger partial charge in [-0.25, -0.2) is 0 Å². The van der Waals surface area contributed by atoms with E-state index in [1.807, 2.05) is 18.2 Å². The van der Waals surface area contributed by atoms with Crippen LogP contribution in [0.5, 0.6) is 11.5 Å². The molecular formula is C20H28N2O2. The number of hydrogen-bond acceptors (Lipinski definition) is 4. The van der Waals surface area contributed by atoms with Crippen molar-refractivity contribution in [3.63, 3.8) is 0 Å². The maximum Gasteiger partial charge on any atom is 0.161 e. The number of ether oxygens (including phenoxy) is 2. The molecule has 0 aliphatic heterocycles. The fourth-order valence-corrected chi connectivity index (χ4v) is 2.69. The van der Waals surface area contributed by atoms with Crippen molar-refractivity contribution < 1.29 is 9.47 Å². The summed E-state index contributed by atoms with van der Waals surface area (Å²) in [5, 5.41) is 0. The number of nitrogen functional groups attached to an aromatic ring is 1. The Bertz CT molecular complexity index is 639. The summed E-state index contributed by atoms with van der Waals surface area (Å²) in [6.07, 6.45) is 1.01. The molecule has 2 aromatic rings. The number of nitrogens with two attached hydrogens (primary N) is 1. The second kappa shape index (κ2) is 8.60. The van der Waals surface area contributed by atoms with Crippen molar-refractivity contribution in [2.45, 2.75) is 32.9 Å². The summed E-state index contributed by atoms with van der Waals surface area (Å²) in [4.78, 5) is 2.46. The van der Waals surface area contributed by atoms with Gasteiger partial charge in [0, 0.05) is 24.8 Å². The van der Waals surface area contributed by atoms with Gasteiger partial charge in [-0.3, -0.25) is 4.90 Å². The first kappa shape index (κ1) is 18.1. The summed E-state index contributed by atoms with van der Waals surface area (Å²) in [7, 11) is 3.33. The van der Waals surface area contributed by atoms with Gasteiger partial charge in [-0.15, -0.1) is 0 Å². The number of nitrogens with zero attached hydrogens (tertiary/aromatic N) is 1. The molecule has 0 aliphatic rings. The summed E-state index contributed by atoms with van der Waals surface area (Å²) in [5.74, 6) is 1.54. The van der Waals surface area contributed by atoms with E-state index in [-0.39, 0.29) is 0 Å². The molecule has 0 spiro atoms. The van der Waals surface area contributed by atoms with Crippen LogP contribution >= 0.6 is 0 Å². The molecule has 130 valence electrons. The van der Waals surface area contributed by atoms with Crippen molar-refractivity contribution in [3.05, 3.63) is 53.6 Å². The molecule has 0 aromatic heterocycles. The first-order valence-electron chi connectivity index (χ1n) is 8.33. The number of benzene rings is 2. The van der Waals surface area contributed by atoms with Gasteiger partial charge in [0.2, 0.25) is 0 Å². The van der Waals surface area contributed by atoms with Crippen LogP contribution in [0.1, 0.15) is 25.0 Å². The molecule has 0 saturated carbocycles. The van der Waals surface area contributed by atoms with Crippen LogP contribution < -0.4 is 15.2 Å². The minimum Gasteiger partial charge on any atom is -0.493 e. The molecule has 0 fully saturated rings. The van der Waals surface area contributed by atoms with Gasteiger partial charge in [-0.05, 0) is 55.7 Å². The lowest BCUT2D eigenvalue weighted by Gasteiger charge is -2.27. The molecule has 0 radical (unpaired) electrons. The molecule has 0 bridgehead atoms. The van der Waals surface area contributed by atoms with Gasteiger partial charge in [-0.2, -0.15) is 0 Å². The van der Waals surface area contributed by atoms with E-state index in [2.05, 4.69) is 43.0 Å². The first-order valence-corrected chi connectivity index (χ1v) is 8.33. The first-order chi connectivity index (χ1) is 11.5. The summed E-state index contributed by atoms with van der Waals surface area (Å²) < 4.78 is 10.7. The number of rotatable bonds is 8. The molecule has 0 atom stereocenters. The Morgan fingerprint density at radius 1 is 0.917 bits per heavy atom. The number of anilines is 1. The normalized spacial score (nSPS) is 11.1. The molecular weight excluding hydrogens is 300 g/mol. The third-order valence-corrected chi connectivity index (χ3v) is 4.23. The average molecular weight is 328 g/mol. The third-order valence-electron chi connectivity index (χ3n) is 4.23. The van der Waals surface area contributed by atoms with Crippen molar-refractivity contribution in [3.8, 4) is 11.5 Å². The van der Waals surface area contributed by atoms with Crippen LogP contribution in [0.25, 0.3) is 0 Å². The van der Waals surface area contributed by atoms with Gasteiger partial charge in [0.25, 0.3) is 0 Å². The molecule has 0 unspecified atom stereocenters. The van der Waals surface area contributed by atoms with Crippen LogP contribution in [-0.4, -0.2) is 31.7 Å². The van der Waals surface area contributed by atoms with Crippen molar-refractivity contribution in [2.75, 3.05) is 26.5 Å². The molecule has 0 amide bonds. The molecule has 2 aromatic carbocycles. The maximum atomic E-state index is 5.75. The van der Waals surface area contributed by atoms with Crippen LogP contribution in [0.2, 0.25) is 0 Å². The zero-order valence-electron chi connectivity index (χ0n) is 15.1. The van der Waals surface area contributed by atoms with Crippen molar-refractivity contribution in [2.24, 2.45) is 0 Å². The fourth-order valence-electron chi connectivity index (χ4n) is 2.69. The SMILES string of the molecule is COc1ccc(CN(CCc2ccc(N)cc2)C(C)C)cc1OC. The third kappa shape index (κ3) is 4.90. The lowest BCUT2D eigenvalue weighted by Crippen LogP contribution is -2.32. The van der Waals surface area contributed by atoms with Crippen molar-refractivity contribution >= 4 is 5.69 Å². The molecule has 2 N–H and O–H groups in total. The molecule has 2 rings (SSSR count). The Morgan fingerprint density at radius 2 is 1.54 bits per heavy atom. The van der Waals surface area contributed by atoms with Gasteiger partial charge in [0.15, 0.2) is 11.5 Å². The van der Waals surface area contributed by atoms with E-state index in [9.17, 15) is 0 Å². The van der Waals surface area contributed by atoms with E-state index in [1.165, 1.54) is 11.1 Å². The average Bonchev–Trinajstić information content (AvgIpc) is 2.59. The largest absolute Gasteiger partial charge is 0.493 e. The number of methoxy groups -OCH3 is 2. The number of hydrogen-bond donors (Lipinski definition) is 1. The molecule has 24 heavy (non-hydrogen) atoms. The van der Waals surface area contributed by atoms with Gasteiger partial charge < -0.3 is 15.2 Å². The van der Waals surface area contributed by atoms with Gasteiger partial charge in [-0.1, -0.05) is 18.2 Å². The monoisotopic (exact) mass is 328 g/mol. The second-order valence-electron chi connectivity index (χ2n) is 6.25. The molecule has 0 heterocycles. The van der Waals surface area contributed by atoms with Crippen LogP contribution in [0.15, 0.2) is 42.5 Å². The zero-order chi connectivity index (χ0) is 17.5. The Labute approximate surface area is 145 Å². The molecule has 0 aliphatic carbocycles. The minimum atomic E-state index is 0.465. The van der Waals surface area contributed by atoms with Crippen LogP contribution in [0.4, 0.5) is 5.69 Å². The Balaban J connectivity index is 2.04. The Morgan fingerprint density at radius 3 is 2.12 bits per heavy atom. The Hall–Kier alpha value is -2.20. The summed E-state index contributed by atoms with van der Waals surface area (Å²) in [5.41, 5.74) is 9.09. The second-order valence-corrected chi connectivity index (χ2v) is 6.25. The molecule has 0 saturated heterocycles. The molecule has 4 nitrogen and oxygen atoms in total. The summed E-state index contributed by atoms with van der Waals surface area (Å²) in [6, 6.07) is 14.7. The summed E-state index contributed by atoms with van der Waals surface area (Å²) >= 11 is 0. The molecule has 4 heteroatoms. The Kier molecular flexibility index (Phi) is 6.50. The van der Waals surface area contributed by atoms with Gasteiger partial charge in [0.1, 0.15) is 0 Å². The van der Waals surface area contributed by atoms with Gasteiger partial charge in [0.05, 0.1) is 14.2 Å². The van der Waals surface area contributed by atoms with Crippen LogP contribution in [0.3, 0.4) is 0 Å².